The lowest BCUT2D eigenvalue weighted by atomic mass is 9.63. The van der Waals surface area contributed by atoms with Crippen molar-refractivity contribution in [3.63, 3.8) is 0 Å². The summed E-state index contributed by atoms with van der Waals surface area (Å²) in [6, 6.07) is 7.59. The molecule has 0 bridgehead atoms. The number of aliphatic hydroxyl groups excluding tert-OH is 2. The van der Waals surface area contributed by atoms with E-state index in [9.17, 15) is 10.2 Å². The summed E-state index contributed by atoms with van der Waals surface area (Å²) >= 11 is 0. The minimum absolute atomic E-state index is 0.0778. The number of benzene rings is 1. The zero-order chi connectivity index (χ0) is 18.2. The average Bonchev–Trinajstić information content (AvgIpc) is 2.47. The SMILES string of the molecule is CC1=CC(C)(C)[C@](O[Si](C)(C)C)([C@@H](O)c2ccccc2CO)CC1. The first-order chi connectivity index (χ1) is 11.0. The lowest BCUT2D eigenvalue weighted by Crippen LogP contribution is -2.57. The molecule has 2 atom stereocenters. The molecule has 0 amide bonds. The smallest absolute Gasteiger partial charge is 0.184 e. The second-order valence-corrected chi connectivity index (χ2v) is 13.0. The van der Waals surface area contributed by atoms with E-state index in [0.29, 0.717) is 0 Å². The molecule has 4 heteroatoms. The Bertz CT molecular complexity index is 616. The fourth-order valence-corrected chi connectivity index (χ4v) is 5.55. The highest BCUT2D eigenvalue weighted by Crippen LogP contribution is 2.53. The number of hydrogen-bond donors (Lipinski definition) is 2. The predicted octanol–water partition coefficient (Wildman–Crippen LogP) is 4.57. The Hall–Kier alpha value is -0.943. The van der Waals surface area contributed by atoms with Crippen molar-refractivity contribution >= 4 is 8.32 Å². The zero-order valence-electron chi connectivity index (χ0n) is 15.9. The Morgan fingerprint density at radius 1 is 1.21 bits per heavy atom. The van der Waals surface area contributed by atoms with Crippen molar-refractivity contribution in [2.45, 2.75) is 71.6 Å². The fraction of sp³-hybridized carbons (Fsp3) is 0.600. The molecule has 3 nitrogen and oxygen atoms in total. The predicted molar refractivity (Wildman–Crippen MR) is 101 cm³/mol. The molecule has 0 aliphatic heterocycles. The van der Waals surface area contributed by atoms with Crippen LogP contribution in [0.5, 0.6) is 0 Å². The maximum Gasteiger partial charge on any atom is 0.184 e. The van der Waals surface area contributed by atoms with Gasteiger partial charge in [-0.1, -0.05) is 49.8 Å². The average molecular weight is 349 g/mol. The molecule has 1 aliphatic carbocycles. The van der Waals surface area contributed by atoms with Gasteiger partial charge in [0.05, 0.1) is 12.2 Å². The van der Waals surface area contributed by atoms with Crippen LogP contribution in [0.3, 0.4) is 0 Å². The summed E-state index contributed by atoms with van der Waals surface area (Å²) in [6.07, 6.45) is 3.19. The molecular formula is C20H32O3Si. The van der Waals surface area contributed by atoms with Crippen molar-refractivity contribution in [2.75, 3.05) is 0 Å². The number of hydrogen-bond acceptors (Lipinski definition) is 3. The van der Waals surface area contributed by atoms with Crippen LogP contribution in [0.15, 0.2) is 35.9 Å². The second kappa shape index (κ2) is 6.75. The van der Waals surface area contributed by atoms with E-state index in [1.165, 1.54) is 5.57 Å². The van der Waals surface area contributed by atoms with Crippen molar-refractivity contribution in [3.05, 3.63) is 47.0 Å². The largest absolute Gasteiger partial charge is 0.408 e. The summed E-state index contributed by atoms with van der Waals surface area (Å²) in [5.74, 6) is 0. The normalized spacial score (nSPS) is 25.2. The van der Waals surface area contributed by atoms with Crippen LogP contribution < -0.4 is 0 Å². The molecular weight excluding hydrogens is 316 g/mol. The molecule has 1 aromatic carbocycles. The van der Waals surface area contributed by atoms with Crippen molar-refractivity contribution in [3.8, 4) is 0 Å². The van der Waals surface area contributed by atoms with E-state index < -0.39 is 20.0 Å². The Morgan fingerprint density at radius 3 is 2.38 bits per heavy atom. The molecule has 0 fully saturated rings. The lowest BCUT2D eigenvalue weighted by molar-refractivity contribution is -0.129. The Kier molecular flexibility index (Phi) is 5.45. The lowest BCUT2D eigenvalue weighted by Gasteiger charge is -2.54. The highest BCUT2D eigenvalue weighted by molar-refractivity contribution is 6.69. The van der Waals surface area contributed by atoms with Gasteiger partial charge in [0.25, 0.3) is 0 Å². The minimum atomic E-state index is -1.90. The highest BCUT2D eigenvalue weighted by atomic mass is 28.4. The van der Waals surface area contributed by atoms with Gasteiger partial charge in [-0.25, -0.2) is 0 Å². The molecule has 24 heavy (non-hydrogen) atoms. The molecule has 1 aromatic rings. The van der Waals surface area contributed by atoms with E-state index in [4.69, 9.17) is 4.43 Å². The third-order valence-corrected chi connectivity index (χ3v) is 6.02. The van der Waals surface area contributed by atoms with E-state index in [-0.39, 0.29) is 12.0 Å². The number of rotatable bonds is 5. The Labute approximate surface area is 147 Å². The van der Waals surface area contributed by atoms with Gasteiger partial charge in [0, 0.05) is 5.41 Å². The van der Waals surface area contributed by atoms with Gasteiger partial charge in [-0.3, -0.25) is 0 Å². The second-order valence-electron chi connectivity index (χ2n) is 8.58. The summed E-state index contributed by atoms with van der Waals surface area (Å²) in [5.41, 5.74) is 1.92. The Balaban J connectivity index is 2.59. The van der Waals surface area contributed by atoms with E-state index in [1.807, 2.05) is 24.3 Å². The number of allylic oxidation sites excluding steroid dienone is 1. The van der Waals surface area contributed by atoms with Crippen LogP contribution >= 0.6 is 0 Å². The first-order valence-electron chi connectivity index (χ1n) is 8.78. The summed E-state index contributed by atoms with van der Waals surface area (Å²) in [4.78, 5) is 0. The van der Waals surface area contributed by atoms with Gasteiger partial charge >= 0.3 is 0 Å². The van der Waals surface area contributed by atoms with E-state index >= 15 is 0 Å². The molecule has 134 valence electrons. The van der Waals surface area contributed by atoms with Crippen LogP contribution in [0.25, 0.3) is 0 Å². The van der Waals surface area contributed by atoms with Gasteiger partial charge in [0.1, 0.15) is 6.10 Å². The van der Waals surface area contributed by atoms with E-state index in [2.05, 4.69) is 46.5 Å². The summed E-state index contributed by atoms with van der Waals surface area (Å²) in [5, 5.41) is 21.1. The molecule has 1 aliphatic rings. The fourth-order valence-electron chi connectivity index (χ4n) is 3.99. The molecule has 0 spiro atoms. The topological polar surface area (TPSA) is 49.7 Å². The summed E-state index contributed by atoms with van der Waals surface area (Å²) in [6.45, 7) is 12.9. The third-order valence-electron chi connectivity index (χ3n) is 5.04. The van der Waals surface area contributed by atoms with Crippen LogP contribution in [0.2, 0.25) is 19.6 Å². The zero-order valence-corrected chi connectivity index (χ0v) is 16.9. The monoisotopic (exact) mass is 348 g/mol. The van der Waals surface area contributed by atoms with Crippen LogP contribution in [0.1, 0.15) is 50.8 Å². The van der Waals surface area contributed by atoms with Crippen molar-refractivity contribution in [2.24, 2.45) is 5.41 Å². The first kappa shape index (κ1) is 19.4. The maximum absolute atomic E-state index is 11.4. The summed E-state index contributed by atoms with van der Waals surface area (Å²) < 4.78 is 6.71. The standard InChI is InChI=1S/C20H32O3Si/c1-15-11-12-20(19(2,3)13-15,23-24(4,5)6)18(22)17-10-8-7-9-16(17)14-21/h7-10,13,18,21-22H,11-12,14H2,1-6H3/t18-,20+/m0/s1. The van der Waals surface area contributed by atoms with Crippen LogP contribution in [0.4, 0.5) is 0 Å². The van der Waals surface area contributed by atoms with Crippen molar-refractivity contribution in [1.82, 2.24) is 0 Å². The number of aliphatic hydroxyl groups is 2. The molecule has 0 radical (unpaired) electrons. The Morgan fingerprint density at radius 2 is 1.83 bits per heavy atom. The van der Waals surface area contributed by atoms with Gasteiger partial charge < -0.3 is 14.6 Å². The van der Waals surface area contributed by atoms with E-state index in [1.54, 1.807) is 0 Å². The van der Waals surface area contributed by atoms with Crippen LogP contribution in [-0.2, 0) is 11.0 Å². The van der Waals surface area contributed by atoms with Gasteiger partial charge in [0.2, 0.25) is 0 Å². The van der Waals surface area contributed by atoms with Crippen LogP contribution in [-0.4, -0.2) is 24.1 Å². The molecule has 2 N–H and O–H groups in total. The van der Waals surface area contributed by atoms with Gasteiger partial charge in [-0.15, -0.1) is 0 Å². The maximum atomic E-state index is 11.4. The third kappa shape index (κ3) is 3.67. The van der Waals surface area contributed by atoms with E-state index in [0.717, 1.165) is 24.0 Å². The van der Waals surface area contributed by atoms with Gasteiger partial charge in [-0.2, -0.15) is 0 Å². The van der Waals surface area contributed by atoms with Crippen molar-refractivity contribution in [1.29, 1.82) is 0 Å². The van der Waals surface area contributed by atoms with Gasteiger partial charge in [-0.05, 0) is 50.5 Å². The highest BCUT2D eigenvalue weighted by Gasteiger charge is 2.54. The first-order valence-corrected chi connectivity index (χ1v) is 12.2. The molecule has 0 saturated carbocycles. The molecule has 0 saturated heterocycles. The molecule has 2 rings (SSSR count). The minimum Gasteiger partial charge on any atom is -0.408 e. The van der Waals surface area contributed by atoms with Crippen molar-refractivity contribution < 1.29 is 14.6 Å². The quantitative estimate of drug-likeness (QED) is 0.605. The molecule has 0 aromatic heterocycles. The summed E-state index contributed by atoms with van der Waals surface area (Å²) in [7, 11) is -1.90. The van der Waals surface area contributed by atoms with Crippen LogP contribution in [0, 0.1) is 5.41 Å². The molecule has 0 heterocycles. The van der Waals surface area contributed by atoms with Gasteiger partial charge in [0.15, 0.2) is 8.32 Å². The molecule has 0 unspecified atom stereocenters.